The molecule has 0 saturated carbocycles. The van der Waals surface area contributed by atoms with Crippen molar-refractivity contribution >= 4 is 34.3 Å². The molecule has 0 bridgehead atoms. The van der Waals surface area contributed by atoms with Crippen LogP contribution < -0.4 is 10.6 Å². The average Bonchev–Trinajstić information content (AvgIpc) is 2.43. The van der Waals surface area contributed by atoms with E-state index in [1.165, 1.54) is 0 Å². The number of benzene rings is 1. The van der Waals surface area contributed by atoms with E-state index in [0.29, 0.717) is 16.3 Å². The Morgan fingerprint density at radius 3 is 2.68 bits per heavy atom. The number of pyridine rings is 1. The summed E-state index contributed by atoms with van der Waals surface area (Å²) in [7, 11) is 0. The van der Waals surface area contributed by atoms with Gasteiger partial charge in [-0.25, -0.2) is 0 Å². The summed E-state index contributed by atoms with van der Waals surface area (Å²) in [6.07, 6.45) is 0. The third-order valence-electron chi connectivity index (χ3n) is 3.07. The number of fused-ring (bicyclic) bond motifs is 1. The molecule has 1 aromatic carbocycles. The number of hydrogen-bond acceptors (Lipinski definition) is 3. The summed E-state index contributed by atoms with van der Waals surface area (Å²) < 4.78 is 0. The Bertz CT molecular complexity index is 729. The molecule has 0 atom stereocenters. The van der Waals surface area contributed by atoms with Crippen molar-refractivity contribution in [3.05, 3.63) is 40.5 Å². The van der Waals surface area contributed by atoms with E-state index in [4.69, 9.17) is 11.6 Å². The summed E-state index contributed by atoms with van der Waals surface area (Å²) in [5.74, 6) is -0.540. The van der Waals surface area contributed by atoms with Crippen molar-refractivity contribution in [3.8, 4) is 0 Å². The third-order valence-corrected chi connectivity index (χ3v) is 3.31. The van der Waals surface area contributed by atoms with Gasteiger partial charge in [0, 0.05) is 16.5 Å². The Morgan fingerprint density at radius 2 is 2.00 bits per heavy atom. The van der Waals surface area contributed by atoms with E-state index >= 15 is 0 Å². The Morgan fingerprint density at radius 1 is 1.27 bits per heavy atom. The quantitative estimate of drug-likeness (QED) is 0.909. The molecule has 5 nitrogen and oxygen atoms in total. The zero-order valence-corrected chi connectivity index (χ0v) is 13.5. The Balaban J connectivity index is 2.16. The first kappa shape index (κ1) is 16.2. The summed E-state index contributed by atoms with van der Waals surface area (Å²) in [5.41, 5.74) is 1.78. The van der Waals surface area contributed by atoms with Crippen molar-refractivity contribution in [3.63, 3.8) is 0 Å². The maximum Gasteiger partial charge on any atom is 0.253 e. The second-order valence-corrected chi connectivity index (χ2v) is 5.80. The van der Waals surface area contributed by atoms with Crippen molar-refractivity contribution < 1.29 is 9.59 Å². The van der Waals surface area contributed by atoms with E-state index in [-0.39, 0.29) is 24.4 Å². The largest absolute Gasteiger partial charge is 0.352 e. The highest BCUT2D eigenvalue weighted by molar-refractivity contribution is 6.31. The van der Waals surface area contributed by atoms with Crippen LogP contribution in [0.2, 0.25) is 5.02 Å². The van der Waals surface area contributed by atoms with Crippen LogP contribution in [0, 0.1) is 6.92 Å². The van der Waals surface area contributed by atoms with Crippen molar-refractivity contribution in [2.45, 2.75) is 26.8 Å². The van der Waals surface area contributed by atoms with Crippen LogP contribution in [0.25, 0.3) is 10.9 Å². The Labute approximate surface area is 134 Å². The van der Waals surface area contributed by atoms with Crippen LogP contribution in [0.4, 0.5) is 0 Å². The number of nitrogens with one attached hydrogen (secondary N) is 2. The van der Waals surface area contributed by atoms with E-state index in [9.17, 15) is 9.59 Å². The van der Waals surface area contributed by atoms with Gasteiger partial charge in [0.25, 0.3) is 5.91 Å². The minimum atomic E-state index is -0.319. The summed E-state index contributed by atoms with van der Waals surface area (Å²) in [4.78, 5) is 28.2. The van der Waals surface area contributed by atoms with Gasteiger partial charge in [0.15, 0.2) is 0 Å². The molecular formula is C16H18ClN3O2. The summed E-state index contributed by atoms with van der Waals surface area (Å²) in [6, 6.07) is 7.11. The van der Waals surface area contributed by atoms with E-state index in [0.717, 1.165) is 10.9 Å². The van der Waals surface area contributed by atoms with Gasteiger partial charge in [-0.05, 0) is 39.0 Å². The normalized spacial score (nSPS) is 10.8. The number of aryl methyl sites for hydroxylation is 1. The second-order valence-electron chi connectivity index (χ2n) is 5.36. The maximum atomic E-state index is 12.2. The van der Waals surface area contributed by atoms with Crippen LogP contribution in [-0.2, 0) is 4.79 Å². The first-order valence-electron chi connectivity index (χ1n) is 7.01. The fourth-order valence-corrected chi connectivity index (χ4v) is 2.26. The lowest BCUT2D eigenvalue weighted by Gasteiger charge is -2.11. The van der Waals surface area contributed by atoms with Gasteiger partial charge in [-0.3, -0.25) is 14.6 Å². The molecule has 22 heavy (non-hydrogen) atoms. The van der Waals surface area contributed by atoms with E-state index in [2.05, 4.69) is 15.6 Å². The van der Waals surface area contributed by atoms with Crippen LogP contribution in [0.5, 0.6) is 0 Å². The Kier molecular flexibility index (Phi) is 4.98. The van der Waals surface area contributed by atoms with Gasteiger partial charge >= 0.3 is 0 Å². The molecule has 0 aliphatic heterocycles. The van der Waals surface area contributed by atoms with Crippen LogP contribution in [0.1, 0.15) is 29.9 Å². The zero-order valence-electron chi connectivity index (χ0n) is 12.7. The average molecular weight is 320 g/mol. The monoisotopic (exact) mass is 319 g/mol. The van der Waals surface area contributed by atoms with Crippen LogP contribution >= 0.6 is 11.6 Å². The van der Waals surface area contributed by atoms with Crippen molar-refractivity contribution in [2.75, 3.05) is 6.54 Å². The first-order valence-corrected chi connectivity index (χ1v) is 7.39. The van der Waals surface area contributed by atoms with Gasteiger partial charge in [-0.1, -0.05) is 17.7 Å². The van der Waals surface area contributed by atoms with E-state index < -0.39 is 0 Å². The lowest BCUT2D eigenvalue weighted by molar-refractivity contribution is -0.120. The molecule has 0 saturated heterocycles. The van der Waals surface area contributed by atoms with Gasteiger partial charge < -0.3 is 10.6 Å². The minimum Gasteiger partial charge on any atom is -0.352 e. The van der Waals surface area contributed by atoms with Crippen molar-refractivity contribution in [2.24, 2.45) is 0 Å². The topological polar surface area (TPSA) is 71.1 Å². The second kappa shape index (κ2) is 6.75. The lowest BCUT2D eigenvalue weighted by Crippen LogP contribution is -2.40. The fourth-order valence-electron chi connectivity index (χ4n) is 2.10. The predicted molar refractivity (Wildman–Crippen MR) is 87.1 cm³/mol. The van der Waals surface area contributed by atoms with Gasteiger partial charge in [-0.2, -0.15) is 0 Å². The number of aromatic nitrogens is 1. The highest BCUT2D eigenvalue weighted by Crippen LogP contribution is 2.20. The number of hydrogen-bond donors (Lipinski definition) is 2. The van der Waals surface area contributed by atoms with E-state index in [1.807, 2.05) is 19.9 Å². The SMILES string of the molecule is Cc1nc2cc(Cl)ccc2cc1C(=O)NCC(=O)NC(C)C. The van der Waals surface area contributed by atoms with Gasteiger partial charge in [0.05, 0.1) is 23.3 Å². The number of amides is 2. The molecule has 2 amide bonds. The number of rotatable bonds is 4. The van der Waals surface area contributed by atoms with Crippen LogP contribution in [0.15, 0.2) is 24.3 Å². The molecule has 6 heteroatoms. The summed E-state index contributed by atoms with van der Waals surface area (Å²) >= 11 is 5.94. The molecule has 2 N–H and O–H groups in total. The molecular weight excluding hydrogens is 302 g/mol. The molecule has 1 heterocycles. The third kappa shape index (κ3) is 3.95. The molecule has 2 aromatic rings. The maximum absolute atomic E-state index is 12.2. The molecule has 0 unspecified atom stereocenters. The smallest absolute Gasteiger partial charge is 0.253 e. The predicted octanol–water partition coefficient (Wildman–Crippen LogP) is 2.45. The standard InChI is InChI=1S/C16H18ClN3O2/c1-9(2)19-15(21)8-18-16(22)13-6-11-4-5-12(17)7-14(11)20-10(13)3/h4-7,9H,8H2,1-3H3,(H,18,22)(H,19,21). The molecule has 0 aliphatic rings. The fraction of sp³-hybridized carbons (Fsp3) is 0.312. The lowest BCUT2D eigenvalue weighted by atomic mass is 10.1. The van der Waals surface area contributed by atoms with E-state index in [1.54, 1.807) is 25.1 Å². The Hall–Kier alpha value is -2.14. The first-order chi connectivity index (χ1) is 10.4. The number of halogens is 1. The molecule has 0 spiro atoms. The zero-order chi connectivity index (χ0) is 16.3. The minimum absolute atomic E-state index is 0.0400. The molecule has 0 fully saturated rings. The summed E-state index contributed by atoms with van der Waals surface area (Å²) in [6.45, 7) is 5.42. The molecule has 1 aromatic heterocycles. The van der Waals surface area contributed by atoms with Gasteiger partial charge in [-0.15, -0.1) is 0 Å². The van der Waals surface area contributed by atoms with Crippen molar-refractivity contribution in [1.82, 2.24) is 15.6 Å². The molecule has 0 radical (unpaired) electrons. The van der Waals surface area contributed by atoms with Gasteiger partial charge in [0.2, 0.25) is 5.91 Å². The molecule has 116 valence electrons. The molecule has 2 rings (SSSR count). The van der Waals surface area contributed by atoms with Crippen LogP contribution in [0.3, 0.4) is 0 Å². The highest BCUT2D eigenvalue weighted by Gasteiger charge is 2.13. The number of carbonyl (C=O) groups is 2. The summed E-state index contributed by atoms with van der Waals surface area (Å²) in [5, 5.41) is 6.74. The highest BCUT2D eigenvalue weighted by atomic mass is 35.5. The number of nitrogens with zero attached hydrogens (tertiary/aromatic N) is 1. The van der Waals surface area contributed by atoms with Gasteiger partial charge in [0.1, 0.15) is 0 Å². The molecule has 0 aliphatic carbocycles. The number of carbonyl (C=O) groups excluding carboxylic acids is 2. The van der Waals surface area contributed by atoms with Crippen molar-refractivity contribution in [1.29, 1.82) is 0 Å². The van der Waals surface area contributed by atoms with Crippen LogP contribution in [-0.4, -0.2) is 29.4 Å².